The molecule has 62 valence electrons. The molecule has 1 aromatic rings. The molecule has 0 radical (unpaired) electrons. The highest BCUT2D eigenvalue weighted by Crippen LogP contribution is 2.15. The van der Waals surface area contributed by atoms with Gasteiger partial charge in [0.1, 0.15) is 5.82 Å². The second-order valence-electron chi connectivity index (χ2n) is 1.94. The Hall–Kier alpha value is -0.290. The molecule has 5 heteroatoms. The lowest BCUT2D eigenvalue weighted by molar-refractivity contribution is 1.27. The van der Waals surface area contributed by atoms with Crippen molar-refractivity contribution in [3.8, 4) is 0 Å². The van der Waals surface area contributed by atoms with Gasteiger partial charge in [-0.15, -0.1) is 17.0 Å². The molecule has 0 aliphatic carbocycles. The fourth-order valence-electron chi connectivity index (χ4n) is 0.628. The molecule has 0 unspecified atom stereocenters. The van der Waals surface area contributed by atoms with Crippen LogP contribution in [0.4, 0.5) is 11.5 Å². The largest absolute Gasteiger partial charge is 0.398 e. The summed E-state index contributed by atoms with van der Waals surface area (Å²) in [6.45, 7) is 0. The lowest BCUT2D eigenvalue weighted by Crippen LogP contribution is -1.96. The van der Waals surface area contributed by atoms with Gasteiger partial charge in [0.2, 0.25) is 0 Å². The van der Waals surface area contributed by atoms with Crippen molar-refractivity contribution in [2.75, 3.05) is 11.5 Å². The number of anilines is 2. The highest BCUT2D eigenvalue weighted by Gasteiger charge is 1.96. The number of aromatic nitrogens is 1. The number of rotatable bonds is 1. The van der Waals surface area contributed by atoms with Crippen molar-refractivity contribution in [2.45, 2.75) is 5.33 Å². The molecule has 0 aliphatic rings. The lowest BCUT2D eigenvalue weighted by atomic mass is 10.3. The van der Waals surface area contributed by atoms with Gasteiger partial charge in [-0.1, -0.05) is 15.9 Å². The Morgan fingerprint density at radius 2 is 2.09 bits per heavy atom. The van der Waals surface area contributed by atoms with Crippen LogP contribution >= 0.6 is 32.9 Å². The van der Waals surface area contributed by atoms with Crippen LogP contribution in [0.15, 0.2) is 12.3 Å². The zero-order valence-electron chi connectivity index (χ0n) is 5.75. The van der Waals surface area contributed by atoms with Crippen molar-refractivity contribution in [3.63, 3.8) is 0 Å². The van der Waals surface area contributed by atoms with Gasteiger partial charge in [-0.2, -0.15) is 0 Å². The summed E-state index contributed by atoms with van der Waals surface area (Å²) in [5.74, 6) is 0.460. The Balaban J connectivity index is 0.000001000. The lowest BCUT2D eigenvalue weighted by Gasteiger charge is -2.00. The second-order valence-corrected chi connectivity index (χ2v) is 2.50. The number of nitrogen functional groups attached to an aromatic ring is 2. The maximum Gasteiger partial charge on any atom is 0.125 e. The number of nitrogens with two attached hydrogens (primary N) is 2. The maximum atomic E-state index is 5.58. The van der Waals surface area contributed by atoms with Gasteiger partial charge in [0, 0.05) is 28.8 Å². The van der Waals surface area contributed by atoms with Crippen LogP contribution in [0.2, 0.25) is 0 Å². The molecule has 11 heavy (non-hydrogen) atoms. The van der Waals surface area contributed by atoms with E-state index in [1.54, 1.807) is 12.3 Å². The molecule has 0 amide bonds. The third-order valence-electron chi connectivity index (χ3n) is 1.19. The Morgan fingerprint density at radius 3 is 2.55 bits per heavy atom. The van der Waals surface area contributed by atoms with Gasteiger partial charge in [-0.25, -0.2) is 4.98 Å². The molecule has 3 nitrogen and oxygen atoms in total. The minimum absolute atomic E-state index is 0. The van der Waals surface area contributed by atoms with E-state index in [0.717, 1.165) is 5.56 Å². The Kier molecular flexibility index (Phi) is 4.44. The topological polar surface area (TPSA) is 64.9 Å². The Bertz CT molecular complexity index is 239. The highest BCUT2D eigenvalue weighted by atomic mass is 79.9. The molecule has 0 aromatic carbocycles. The van der Waals surface area contributed by atoms with Gasteiger partial charge < -0.3 is 11.5 Å². The fraction of sp³-hybridized carbons (Fsp3) is 0.167. The summed E-state index contributed by atoms with van der Waals surface area (Å²) >= 11 is 3.27. The van der Waals surface area contributed by atoms with Gasteiger partial charge in [0.25, 0.3) is 0 Å². The summed E-state index contributed by atoms with van der Waals surface area (Å²) in [7, 11) is 0. The zero-order valence-corrected chi connectivity index (χ0v) is 9.05. The molecule has 1 heterocycles. The number of pyridine rings is 1. The highest BCUT2D eigenvalue weighted by molar-refractivity contribution is 9.08. The molecular weight excluding hydrogens is 274 g/mol. The van der Waals surface area contributed by atoms with Crippen molar-refractivity contribution >= 4 is 44.4 Å². The normalized spacial score (nSPS) is 8.82. The number of nitrogens with zero attached hydrogens (tertiary/aromatic N) is 1. The van der Waals surface area contributed by atoms with Crippen LogP contribution in [0, 0.1) is 0 Å². The van der Waals surface area contributed by atoms with E-state index in [4.69, 9.17) is 11.5 Å². The SMILES string of the molecule is Br.Nc1cc(N)c(CBr)cn1. The number of hydrogen-bond acceptors (Lipinski definition) is 3. The first kappa shape index (κ1) is 10.7. The number of alkyl halides is 1. The van der Waals surface area contributed by atoms with E-state index in [0.29, 0.717) is 16.8 Å². The van der Waals surface area contributed by atoms with Crippen LogP contribution in [0.3, 0.4) is 0 Å². The third kappa shape index (κ3) is 2.67. The number of halogens is 2. The molecule has 4 N–H and O–H groups in total. The molecule has 0 bridgehead atoms. The minimum atomic E-state index is 0. The average Bonchev–Trinajstić information content (AvgIpc) is 1.88. The van der Waals surface area contributed by atoms with Gasteiger partial charge in [-0.05, 0) is 0 Å². The van der Waals surface area contributed by atoms with Gasteiger partial charge >= 0.3 is 0 Å². The van der Waals surface area contributed by atoms with Gasteiger partial charge in [0.05, 0.1) is 0 Å². The second kappa shape index (κ2) is 4.56. The minimum Gasteiger partial charge on any atom is -0.398 e. The van der Waals surface area contributed by atoms with E-state index < -0.39 is 0 Å². The molecule has 0 aliphatic heterocycles. The van der Waals surface area contributed by atoms with E-state index in [2.05, 4.69) is 20.9 Å². The average molecular weight is 283 g/mol. The molecule has 0 atom stereocenters. The number of hydrogen-bond donors (Lipinski definition) is 2. The first-order chi connectivity index (χ1) is 4.74. The summed E-state index contributed by atoms with van der Waals surface area (Å²) in [4.78, 5) is 3.88. The summed E-state index contributed by atoms with van der Waals surface area (Å²) in [5.41, 5.74) is 12.6. The quantitative estimate of drug-likeness (QED) is 0.771. The van der Waals surface area contributed by atoms with E-state index in [9.17, 15) is 0 Å². The molecule has 1 aromatic heterocycles. The van der Waals surface area contributed by atoms with Crippen LogP contribution in [0.25, 0.3) is 0 Å². The van der Waals surface area contributed by atoms with E-state index in [1.807, 2.05) is 0 Å². The van der Waals surface area contributed by atoms with E-state index in [-0.39, 0.29) is 17.0 Å². The summed E-state index contributed by atoms with van der Waals surface area (Å²) in [6, 6.07) is 1.65. The molecular formula is C6H9Br2N3. The van der Waals surface area contributed by atoms with Crippen LogP contribution in [0.1, 0.15) is 5.56 Å². The smallest absolute Gasteiger partial charge is 0.125 e. The predicted octanol–water partition coefficient (Wildman–Crippen LogP) is 1.72. The molecule has 0 fully saturated rings. The van der Waals surface area contributed by atoms with Gasteiger partial charge in [0.15, 0.2) is 0 Å². The summed E-state index contributed by atoms with van der Waals surface area (Å²) in [5, 5.41) is 0.714. The van der Waals surface area contributed by atoms with Crippen molar-refractivity contribution in [1.82, 2.24) is 4.98 Å². The van der Waals surface area contributed by atoms with Crippen molar-refractivity contribution in [1.29, 1.82) is 0 Å². The standard InChI is InChI=1S/C6H8BrN3.BrH/c7-2-4-3-10-6(9)1-5(4)8;/h1,3H,2H2,(H4,8,9,10);1H. The molecule has 0 saturated heterocycles. The summed E-state index contributed by atoms with van der Waals surface area (Å²) < 4.78 is 0. The molecule has 1 rings (SSSR count). The van der Waals surface area contributed by atoms with Crippen molar-refractivity contribution < 1.29 is 0 Å². The predicted molar refractivity (Wildman–Crippen MR) is 56.0 cm³/mol. The third-order valence-corrected chi connectivity index (χ3v) is 1.79. The monoisotopic (exact) mass is 281 g/mol. The summed E-state index contributed by atoms with van der Waals surface area (Å²) in [6.07, 6.45) is 1.67. The van der Waals surface area contributed by atoms with Crippen molar-refractivity contribution in [2.24, 2.45) is 0 Å². The van der Waals surface area contributed by atoms with Gasteiger partial charge in [-0.3, -0.25) is 0 Å². The van der Waals surface area contributed by atoms with Crippen LogP contribution < -0.4 is 11.5 Å². The Labute approximate surface area is 84.1 Å². The van der Waals surface area contributed by atoms with Crippen LogP contribution in [-0.4, -0.2) is 4.98 Å². The first-order valence-electron chi connectivity index (χ1n) is 2.80. The Morgan fingerprint density at radius 1 is 1.45 bits per heavy atom. The van der Waals surface area contributed by atoms with E-state index in [1.165, 1.54) is 0 Å². The fourth-order valence-corrected chi connectivity index (χ4v) is 1.10. The zero-order chi connectivity index (χ0) is 7.56. The van der Waals surface area contributed by atoms with Crippen LogP contribution in [0.5, 0.6) is 0 Å². The maximum absolute atomic E-state index is 5.58. The van der Waals surface area contributed by atoms with Crippen molar-refractivity contribution in [3.05, 3.63) is 17.8 Å². The van der Waals surface area contributed by atoms with Crippen LogP contribution in [-0.2, 0) is 5.33 Å². The molecule has 0 spiro atoms. The first-order valence-corrected chi connectivity index (χ1v) is 3.92. The van der Waals surface area contributed by atoms with E-state index >= 15 is 0 Å². The molecule has 0 saturated carbocycles.